The maximum atomic E-state index is 11.8. The largest absolute Gasteiger partial charge is 0.358 e. The molecular formula is C23H50N7O3W-. The van der Waals surface area contributed by atoms with Crippen molar-refractivity contribution in [2.45, 2.75) is 104 Å². The average molecular weight is 657 g/mol. The van der Waals surface area contributed by atoms with E-state index >= 15 is 0 Å². The van der Waals surface area contributed by atoms with Crippen LogP contribution in [0, 0.1) is 7.43 Å². The molecule has 0 aromatic rings. The minimum Gasteiger partial charge on any atom is -0.358 e. The molecule has 2 fully saturated rings. The Bertz CT molecular complexity index is 555. The van der Waals surface area contributed by atoms with Crippen LogP contribution in [0.3, 0.4) is 0 Å². The number of likely N-dealkylation sites (tertiary alicyclic amines) is 2. The zero-order chi connectivity index (χ0) is 24.5. The van der Waals surface area contributed by atoms with Crippen molar-refractivity contribution in [3.8, 4) is 0 Å². The fraction of sp³-hybridized carbons (Fsp3) is 0.826. The number of nitrogens with two attached hydrogens (primary N) is 3. The van der Waals surface area contributed by atoms with Crippen molar-refractivity contribution in [1.29, 1.82) is 0 Å². The molecule has 2 saturated heterocycles. The molecule has 0 saturated carbocycles. The van der Waals surface area contributed by atoms with E-state index in [-0.39, 0.29) is 34.4 Å². The molecule has 0 aromatic carbocycles. The van der Waals surface area contributed by atoms with E-state index in [9.17, 15) is 14.4 Å². The summed E-state index contributed by atoms with van der Waals surface area (Å²) in [5, 5.41) is 3.41. The van der Waals surface area contributed by atoms with Gasteiger partial charge in [0.25, 0.3) is 0 Å². The molecule has 11 heteroatoms. The van der Waals surface area contributed by atoms with Crippen molar-refractivity contribution in [3.63, 3.8) is 0 Å². The van der Waals surface area contributed by atoms with E-state index in [0.29, 0.717) is 42.8 Å². The predicted molar refractivity (Wildman–Crippen MR) is 134 cm³/mol. The van der Waals surface area contributed by atoms with Crippen LogP contribution in [0.4, 0.5) is 0 Å². The second-order valence-electron chi connectivity index (χ2n) is 8.46. The molecule has 3 amide bonds. The Hall–Kier alpha value is -1.06. The summed E-state index contributed by atoms with van der Waals surface area (Å²) in [6, 6.07) is 1.13. The Morgan fingerprint density at radius 1 is 1.00 bits per heavy atom. The van der Waals surface area contributed by atoms with Gasteiger partial charge in [0.15, 0.2) is 0 Å². The van der Waals surface area contributed by atoms with Crippen LogP contribution in [0.5, 0.6) is 0 Å². The van der Waals surface area contributed by atoms with Crippen LogP contribution in [-0.2, 0) is 35.4 Å². The molecule has 0 radical (unpaired) electrons. The van der Waals surface area contributed by atoms with Crippen molar-refractivity contribution >= 4 is 17.7 Å². The number of nitrogens with one attached hydrogen (secondary N) is 2. The van der Waals surface area contributed by atoms with Crippen molar-refractivity contribution in [2.75, 3.05) is 19.6 Å². The van der Waals surface area contributed by atoms with Crippen molar-refractivity contribution < 1.29 is 35.4 Å². The van der Waals surface area contributed by atoms with Crippen LogP contribution in [-0.4, -0.2) is 65.3 Å². The van der Waals surface area contributed by atoms with Gasteiger partial charge in [0.05, 0.1) is 0 Å². The molecular weight excluding hydrogens is 606 g/mol. The minimum absolute atomic E-state index is 0. The molecule has 2 aliphatic rings. The van der Waals surface area contributed by atoms with Crippen LogP contribution in [0.15, 0.2) is 0 Å². The summed E-state index contributed by atoms with van der Waals surface area (Å²) < 4.78 is 0. The Labute approximate surface area is 221 Å². The topological polar surface area (TPSA) is 160 Å². The van der Waals surface area contributed by atoms with E-state index in [2.05, 4.69) is 50.1 Å². The van der Waals surface area contributed by atoms with Gasteiger partial charge in [0, 0.05) is 71.5 Å². The van der Waals surface area contributed by atoms with E-state index in [1.165, 1.54) is 0 Å². The Balaban J connectivity index is -0.000000582. The third-order valence-corrected chi connectivity index (χ3v) is 6.11. The van der Waals surface area contributed by atoms with E-state index in [1.807, 2.05) is 9.80 Å². The molecule has 0 aliphatic carbocycles. The first-order valence-corrected chi connectivity index (χ1v) is 12.0. The Kier molecular flexibility index (Phi) is 24.7. The summed E-state index contributed by atoms with van der Waals surface area (Å²) in [7, 11) is 0. The first-order chi connectivity index (χ1) is 15.3. The quantitative estimate of drug-likeness (QED) is 0.0735. The second-order valence-corrected chi connectivity index (χ2v) is 8.46. The molecule has 3 atom stereocenters. The SMILES string of the molecule is CCC(C)N1CCCC1=O.CCC(CC(C)NCCCC(=O)NN)N1CCCC1=O.NN.[CH3-].[W]. The summed E-state index contributed by atoms with van der Waals surface area (Å²) in [5.41, 5.74) is 2.13. The normalized spacial score (nSPS) is 17.3. The number of carbonyl (C=O) groups is 3. The van der Waals surface area contributed by atoms with E-state index < -0.39 is 0 Å². The third-order valence-electron chi connectivity index (χ3n) is 6.11. The zero-order valence-electron chi connectivity index (χ0n) is 22.0. The van der Waals surface area contributed by atoms with Gasteiger partial charge in [-0.1, -0.05) is 13.8 Å². The first kappa shape index (κ1) is 37.5. The molecule has 0 aromatic heterocycles. The van der Waals surface area contributed by atoms with Gasteiger partial charge in [0.2, 0.25) is 17.7 Å². The van der Waals surface area contributed by atoms with Crippen molar-refractivity contribution in [3.05, 3.63) is 7.43 Å². The monoisotopic (exact) mass is 656 g/mol. The molecule has 202 valence electrons. The number of hydrogen-bond acceptors (Lipinski definition) is 7. The summed E-state index contributed by atoms with van der Waals surface area (Å²) in [5.74, 6) is 13.5. The fourth-order valence-electron chi connectivity index (χ4n) is 4.09. The molecule has 2 heterocycles. The molecule has 34 heavy (non-hydrogen) atoms. The maximum Gasteiger partial charge on any atom is 0.233 e. The van der Waals surface area contributed by atoms with E-state index in [1.54, 1.807) is 0 Å². The summed E-state index contributed by atoms with van der Waals surface area (Å²) >= 11 is 0. The van der Waals surface area contributed by atoms with Gasteiger partial charge in [-0.25, -0.2) is 5.84 Å². The Morgan fingerprint density at radius 3 is 1.94 bits per heavy atom. The standard InChI is InChI=1S/C14H28N4O2.C8H15NO.CH3.H4N2.W/c1-3-12(18-9-5-7-14(18)20)10-11(2)16-8-4-6-13(19)17-15;1-3-7(2)9-6-4-5-8(9)10;;1-2;/h11-12,16H,3-10,15H2,1-2H3,(H,17,19);7H,3-6H2,1-2H3;1H3;1-2H2;/q;;-1;;. The number of hydrogen-bond donors (Lipinski definition) is 5. The number of rotatable bonds is 11. The van der Waals surface area contributed by atoms with Gasteiger partial charge in [0.1, 0.15) is 0 Å². The van der Waals surface area contributed by atoms with Crippen molar-refractivity contribution in [1.82, 2.24) is 20.5 Å². The van der Waals surface area contributed by atoms with E-state index in [4.69, 9.17) is 5.84 Å². The second kappa shape index (κ2) is 22.4. The predicted octanol–water partition coefficient (Wildman–Crippen LogP) is 1.20. The summed E-state index contributed by atoms with van der Waals surface area (Å²) in [4.78, 5) is 37.9. The third kappa shape index (κ3) is 14.4. The number of amides is 3. The van der Waals surface area contributed by atoms with Gasteiger partial charge in [-0.2, -0.15) is 0 Å². The van der Waals surface area contributed by atoms with Gasteiger partial charge in [-0.3, -0.25) is 31.5 Å². The molecule has 10 nitrogen and oxygen atoms in total. The summed E-state index contributed by atoms with van der Waals surface area (Å²) in [6.45, 7) is 11.2. The summed E-state index contributed by atoms with van der Waals surface area (Å²) in [6.07, 6.45) is 7.76. The molecule has 0 bridgehead atoms. The van der Waals surface area contributed by atoms with Crippen LogP contribution >= 0.6 is 0 Å². The van der Waals surface area contributed by atoms with Crippen LogP contribution in [0.2, 0.25) is 0 Å². The maximum absolute atomic E-state index is 11.8. The number of hydrazine groups is 2. The van der Waals surface area contributed by atoms with Crippen molar-refractivity contribution in [2.24, 2.45) is 17.5 Å². The molecule has 2 rings (SSSR count). The molecule has 0 spiro atoms. The number of nitrogens with zero attached hydrogens (tertiary/aromatic N) is 2. The average Bonchev–Trinajstić information content (AvgIpc) is 3.44. The van der Waals surface area contributed by atoms with Gasteiger partial charge >= 0.3 is 0 Å². The Morgan fingerprint density at radius 2 is 1.53 bits per heavy atom. The van der Waals surface area contributed by atoms with Crippen LogP contribution < -0.4 is 28.3 Å². The fourth-order valence-corrected chi connectivity index (χ4v) is 4.09. The van der Waals surface area contributed by atoms with Gasteiger partial charge in [-0.05, 0) is 58.9 Å². The number of carbonyl (C=O) groups excluding carboxylic acids is 3. The first-order valence-electron chi connectivity index (χ1n) is 12.0. The molecule has 3 unspecified atom stereocenters. The molecule has 2 aliphatic heterocycles. The zero-order valence-corrected chi connectivity index (χ0v) is 24.9. The smallest absolute Gasteiger partial charge is 0.233 e. The van der Waals surface area contributed by atoms with Gasteiger partial charge < -0.3 is 22.5 Å². The van der Waals surface area contributed by atoms with Crippen LogP contribution in [0.25, 0.3) is 0 Å². The van der Waals surface area contributed by atoms with E-state index in [0.717, 1.165) is 64.6 Å². The molecule has 8 N–H and O–H groups in total. The van der Waals surface area contributed by atoms with Gasteiger partial charge in [-0.15, -0.1) is 0 Å². The van der Waals surface area contributed by atoms with Crippen LogP contribution in [0.1, 0.15) is 85.5 Å². The minimum atomic E-state index is -0.131.